The summed E-state index contributed by atoms with van der Waals surface area (Å²) in [6, 6.07) is 12.4. The number of anilines is 1. The molecule has 35 heavy (non-hydrogen) atoms. The molecule has 1 aliphatic rings. The molecule has 0 spiro atoms. The molecule has 0 atom stereocenters. The van der Waals surface area contributed by atoms with E-state index in [0.29, 0.717) is 24.9 Å². The van der Waals surface area contributed by atoms with Gasteiger partial charge >= 0.3 is 5.97 Å². The Hall–Kier alpha value is -3.68. The lowest BCUT2D eigenvalue weighted by Crippen LogP contribution is -2.30. The maximum Gasteiger partial charge on any atom is 0.307 e. The van der Waals surface area contributed by atoms with Crippen LogP contribution < -0.4 is 4.90 Å². The average molecular weight is 474 g/mol. The van der Waals surface area contributed by atoms with Crippen LogP contribution in [0.4, 0.5) is 5.69 Å². The van der Waals surface area contributed by atoms with E-state index in [1.54, 1.807) is 13.1 Å². The summed E-state index contributed by atoms with van der Waals surface area (Å²) in [6.45, 7) is 7.10. The average Bonchev–Trinajstić information content (AvgIpc) is 3.55. The Morgan fingerprint density at radius 2 is 1.89 bits per heavy atom. The fraction of sp³-hybridized carbons (Fsp3) is 0.407. The first-order valence-corrected chi connectivity index (χ1v) is 12.5. The SMILES string of the molecule is CCOC(=O)CCn1ncc2cc(-c3noc(-c4ccc(N5CCCCC5)c(CC)c4)n3)ccc21. The Morgan fingerprint density at radius 3 is 2.69 bits per heavy atom. The number of hydrogen-bond acceptors (Lipinski definition) is 7. The summed E-state index contributed by atoms with van der Waals surface area (Å²) in [7, 11) is 0. The van der Waals surface area contributed by atoms with Crippen molar-refractivity contribution in [3.8, 4) is 22.8 Å². The Labute approximate surface area is 204 Å². The molecule has 1 aliphatic heterocycles. The van der Waals surface area contributed by atoms with Crippen molar-refractivity contribution >= 4 is 22.6 Å². The van der Waals surface area contributed by atoms with Gasteiger partial charge in [-0.25, -0.2) is 0 Å². The number of rotatable bonds is 8. The number of benzene rings is 2. The molecule has 1 saturated heterocycles. The molecule has 1 fully saturated rings. The summed E-state index contributed by atoms with van der Waals surface area (Å²) in [5.74, 6) is 0.840. The molecule has 0 radical (unpaired) electrons. The van der Waals surface area contributed by atoms with Gasteiger partial charge in [-0.1, -0.05) is 12.1 Å². The van der Waals surface area contributed by atoms with Crippen LogP contribution in [0.2, 0.25) is 0 Å². The number of nitrogens with zero attached hydrogens (tertiary/aromatic N) is 5. The third kappa shape index (κ3) is 4.92. The van der Waals surface area contributed by atoms with E-state index >= 15 is 0 Å². The predicted molar refractivity (Wildman–Crippen MR) is 135 cm³/mol. The van der Waals surface area contributed by atoms with Crippen LogP contribution in [-0.4, -0.2) is 45.6 Å². The molecule has 0 unspecified atom stereocenters. The minimum atomic E-state index is -0.220. The van der Waals surface area contributed by atoms with Gasteiger partial charge in [0, 0.05) is 35.3 Å². The van der Waals surface area contributed by atoms with Crippen molar-refractivity contribution in [2.45, 2.75) is 52.5 Å². The molecule has 8 nitrogen and oxygen atoms in total. The number of aromatic nitrogens is 4. The lowest BCUT2D eigenvalue weighted by molar-refractivity contribution is -0.143. The number of carbonyl (C=O) groups excluding carboxylic acids is 1. The van der Waals surface area contributed by atoms with Crippen LogP contribution in [0.1, 0.15) is 45.1 Å². The van der Waals surface area contributed by atoms with E-state index < -0.39 is 0 Å². The first-order chi connectivity index (χ1) is 17.2. The predicted octanol–water partition coefficient (Wildman–Crippen LogP) is 5.26. The van der Waals surface area contributed by atoms with Crippen molar-refractivity contribution in [3.63, 3.8) is 0 Å². The second-order valence-electron chi connectivity index (χ2n) is 8.86. The Balaban J connectivity index is 1.35. The van der Waals surface area contributed by atoms with E-state index in [4.69, 9.17) is 9.26 Å². The van der Waals surface area contributed by atoms with Gasteiger partial charge in [-0.05, 0) is 74.6 Å². The molecule has 2 aromatic heterocycles. The zero-order valence-corrected chi connectivity index (χ0v) is 20.4. The van der Waals surface area contributed by atoms with Crippen molar-refractivity contribution in [2.24, 2.45) is 0 Å². The second-order valence-corrected chi connectivity index (χ2v) is 8.86. The van der Waals surface area contributed by atoms with Crippen molar-refractivity contribution in [2.75, 3.05) is 24.6 Å². The summed E-state index contributed by atoms with van der Waals surface area (Å²) < 4.78 is 12.5. The van der Waals surface area contributed by atoms with E-state index in [0.717, 1.165) is 41.5 Å². The number of carbonyl (C=O) groups is 1. The third-order valence-corrected chi connectivity index (χ3v) is 6.56. The lowest BCUT2D eigenvalue weighted by atomic mass is 10.0. The third-order valence-electron chi connectivity index (χ3n) is 6.56. The molecule has 8 heteroatoms. The topological polar surface area (TPSA) is 86.3 Å². The van der Waals surface area contributed by atoms with E-state index in [9.17, 15) is 4.79 Å². The Bertz CT molecular complexity index is 1320. The number of esters is 1. The highest BCUT2D eigenvalue weighted by Crippen LogP contribution is 2.31. The van der Waals surface area contributed by atoms with Gasteiger partial charge in [-0.3, -0.25) is 9.48 Å². The smallest absolute Gasteiger partial charge is 0.307 e. The molecule has 0 amide bonds. The zero-order valence-electron chi connectivity index (χ0n) is 20.4. The molecular formula is C27H31N5O3. The maximum absolute atomic E-state index is 11.7. The lowest BCUT2D eigenvalue weighted by Gasteiger charge is -2.30. The largest absolute Gasteiger partial charge is 0.466 e. The molecule has 3 heterocycles. The number of fused-ring (bicyclic) bond motifs is 1. The summed E-state index contributed by atoms with van der Waals surface area (Å²) in [5, 5.41) is 9.62. The molecular weight excluding hydrogens is 442 g/mol. The van der Waals surface area contributed by atoms with Crippen LogP contribution in [-0.2, 0) is 22.5 Å². The number of piperidine rings is 1. The van der Waals surface area contributed by atoms with Gasteiger partial charge in [0.15, 0.2) is 0 Å². The van der Waals surface area contributed by atoms with Crippen molar-refractivity contribution in [1.29, 1.82) is 0 Å². The van der Waals surface area contributed by atoms with Crippen LogP contribution in [0.3, 0.4) is 0 Å². The van der Waals surface area contributed by atoms with Crippen LogP contribution >= 0.6 is 0 Å². The van der Waals surface area contributed by atoms with Gasteiger partial charge < -0.3 is 14.2 Å². The molecule has 0 N–H and O–H groups in total. The van der Waals surface area contributed by atoms with Gasteiger partial charge in [0.2, 0.25) is 5.82 Å². The minimum absolute atomic E-state index is 0.220. The first-order valence-electron chi connectivity index (χ1n) is 12.5. The molecule has 0 saturated carbocycles. The highest BCUT2D eigenvalue weighted by atomic mass is 16.5. The summed E-state index contributed by atoms with van der Waals surface area (Å²) in [5.41, 5.74) is 5.37. The fourth-order valence-electron chi connectivity index (χ4n) is 4.74. The molecule has 2 aromatic carbocycles. The van der Waals surface area contributed by atoms with Crippen LogP contribution in [0.25, 0.3) is 33.7 Å². The molecule has 0 aliphatic carbocycles. The van der Waals surface area contributed by atoms with Gasteiger partial charge in [0.05, 0.1) is 31.3 Å². The van der Waals surface area contributed by atoms with Gasteiger partial charge in [-0.2, -0.15) is 10.1 Å². The van der Waals surface area contributed by atoms with Crippen molar-refractivity contribution in [1.82, 2.24) is 19.9 Å². The van der Waals surface area contributed by atoms with Gasteiger partial charge in [-0.15, -0.1) is 0 Å². The van der Waals surface area contributed by atoms with E-state index in [-0.39, 0.29) is 12.4 Å². The highest BCUT2D eigenvalue weighted by Gasteiger charge is 2.17. The minimum Gasteiger partial charge on any atom is -0.466 e. The summed E-state index contributed by atoms with van der Waals surface area (Å²) in [6.07, 6.45) is 6.87. The number of aryl methyl sites for hydroxylation is 2. The van der Waals surface area contributed by atoms with Crippen molar-refractivity contribution in [3.05, 3.63) is 48.2 Å². The van der Waals surface area contributed by atoms with E-state index in [2.05, 4.69) is 45.3 Å². The van der Waals surface area contributed by atoms with Crippen LogP contribution in [0.15, 0.2) is 47.1 Å². The Kier molecular flexibility index (Phi) is 6.79. The summed E-state index contributed by atoms with van der Waals surface area (Å²) in [4.78, 5) is 18.9. The molecule has 4 aromatic rings. The fourth-order valence-corrected chi connectivity index (χ4v) is 4.74. The normalized spacial score (nSPS) is 13.9. The van der Waals surface area contributed by atoms with E-state index in [1.165, 1.54) is 30.5 Å². The number of ether oxygens (including phenoxy) is 1. The Morgan fingerprint density at radius 1 is 1.06 bits per heavy atom. The maximum atomic E-state index is 11.7. The quantitative estimate of drug-likeness (QED) is 0.323. The van der Waals surface area contributed by atoms with E-state index in [1.807, 2.05) is 22.9 Å². The number of hydrogen-bond donors (Lipinski definition) is 0. The molecule has 0 bridgehead atoms. The monoisotopic (exact) mass is 473 g/mol. The van der Waals surface area contributed by atoms with Crippen LogP contribution in [0.5, 0.6) is 0 Å². The van der Waals surface area contributed by atoms with Gasteiger partial charge in [0.25, 0.3) is 5.89 Å². The van der Waals surface area contributed by atoms with Crippen LogP contribution in [0, 0.1) is 0 Å². The van der Waals surface area contributed by atoms with Gasteiger partial charge in [0.1, 0.15) is 0 Å². The standard InChI is InChI=1S/C27H31N5O3/c1-3-19-16-21(9-10-23(19)31-13-6-5-7-14-31)27-29-26(30-35-27)20-8-11-24-22(17-20)18-28-32(24)15-12-25(33)34-4-2/h8-11,16-18H,3-7,12-15H2,1-2H3. The second kappa shape index (κ2) is 10.3. The summed E-state index contributed by atoms with van der Waals surface area (Å²) >= 11 is 0. The van der Waals surface area contributed by atoms with Crippen molar-refractivity contribution < 1.29 is 14.1 Å². The highest BCUT2D eigenvalue weighted by molar-refractivity contribution is 5.83. The first kappa shape index (κ1) is 23.1. The molecule has 182 valence electrons. The molecule has 5 rings (SSSR count). The zero-order chi connectivity index (χ0) is 24.2.